The second-order valence-corrected chi connectivity index (χ2v) is 4.24. The van der Waals surface area contributed by atoms with Crippen molar-refractivity contribution in [2.75, 3.05) is 18.4 Å². The molecule has 1 unspecified atom stereocenters. The normalized spacial score (nSPS) is 18.2. The quantitative estimate of drug-likeness (QED) is 0.890. The minimum absolute atomic E-state index is 0. The Bertz CT molecular complexity index is 423. The maximum absolute atomic E-state index is 13.3. The Morgan fingerprint density at radius 1 is 1.44 bits per heavy atom. The molecule has 1 aliphatic heterocycles. The number of anilines is 1. The summed E-state index contributed by atoms with van der Waals surface area (Å²) in [5.41, 5.74) is 0.0300. The van der Waals surface area contributed by atoms with Gasteiger partial charge >= 0.3 is 0 Å². The molecule has 1 aliphatic rings. The van der Waals surface area contributed by atoms with Crippen LogP contribution in [0.25, 0.3) is 0 Å². The molecule has 1 atom stereocenters. The van der Waals surface area contributed by atoms with Crippen LogP contribution in [0.1, 0.15) is 12.8 Å². The zero-order valence-corrected chi connectivity index (χ0v) is 10.5. The fraction of sp³-hybridized carbons (Fsp3) is 0.417. The first kappa shape index (κ1) is 14.9. The van der Waals surface area contributed by atoms with Gasteiger partial charge in [-0.25, -0.2) is 8.78 Å². The van der Waals surface area contributed by atoms with Crippen LogP contribution in [-0.4, -0.2) is 19.0 Å². The highest BCUT2D eigenvalue weighted by Gasteiger charge is 2.18. The van der Waals surface area contributed by atoms with Crippen molar-refractivity contribution in [3.05, 3.63) is 29.8 Å². The molecule has 100 valence electrons. The lowest BCUT2D eigenvalue weighted by Gasteiger charge is -2.09. The summed E-state index contributed by atoms with van der Waals surface area (Å²) in [5, 5.41) is 5.61. The molecule has 1 heterocycles. The highest BCUT2D eigenvalue weighted by molar-refractivity contribution is 5.91. The first-order chi connectivity index (χ1) is 8.15. The van der Waals surface area contributed by atoms with Gasteiger partial charge in [-0.3, -0.25) is 4.79 Å². The van der Waals surface area contributed by atoms with Crippen LogP contribution in [0.3, 0.4) is 0 Å². The predicted octanol–water partition coefficient (Wildman–Crippen LogP) is 2.32. The van der Waals surface area contributed by atoms with Crippen molar-refractivity contribution in [2.45, 2.75) is 12.8 Å². The average molecular weight is 277 g/mol. The number of rotatable bonds is 3. The predicted molar refractivity (Wildman–Crippen MR) is 67.8 cm³/mol. The van der Waals surface area contributed by atoms with Gasteiger partial charge in [0.05, 0.1) is 5.69 Å². The van der Waals surface area contributed by atoms with Crippen molar-refractivity contribution in [2.24, 2.45) is 5.92 Å². The molecule has 1 aromatic rings. The second kappa shape index (κ2) is 6.66. The molecular weight excluding hydrogens is 262 g/mol. The van der Waals surface area contributed by atoms with Gasteiger partial charge in [0.1, 0.15) is 11.6 Å². The fourth-order valence-electron chi connectivity index (χ4n) is 1.94. The maximum atomic E-state index is 13.3. The molecule has 3 nitrogen and oxygen atoms in total. The molecule has 0 bridgehead atoms. The van der Waals surface area contributed by atoms with Gasteiger partial charge in [0.2, 0.25) is 5.91 Å². The Balaban J connectivity index is 0.00000162. The molecule has 1 fully saturated rings. The zero-order chi connectivity index (χ0) is 12.3. The summed E-state index contributed by atoms with van der Waals surface area (Å²) in [5.74, 6) is -1.33. The van der Waals surface area contributed by atoms with E-state index in [-0.39, 0.29) is 24.0 Å². The number of carbonyl (C=O) groups excluding carboxylic acids is 1. The Hall–Kier alpha value is -1.20. The van der Waals surface area contributed by atoms with Gasteiger partial charge in [0.25, 0.3) is 0 Å². The third-order valence-corrected chi connectivity index (χ3v) is 2.84. The van der Waals surface area contributed by atoms with E-state index in [1.54, 1.807) is 0 Å². The summed E-state index contributed by atoms with van der Waals surface area (Å²) < 4.78 is 25.9. The molecule has 2 rings (SSSR count). The summed E-state index contributed by atoms with van der Waals surface area (Å²) in [6.07, 6.45) is 1.32. The molecule has 18 heavy (non-hydrogen) atoms. The Labute approximate surface area is 110 Å². The molecule has 1 saturated heterocycles. The SMILES string of the molecule is Cl.O=C(CC1CCNC1)Nc1ccc(F)cc1F. The topological polar surface area (TPSA) is 41.1 Å². The van der Waals surface area contributed by atoms with Crippen LogP contribution in [-0.2, 0) is 4.79 Å². The van der Waals surface area contributed by atoms with E-state index in [1.807, 2.05) is 0 Å². The molecule has 6 heteroatoms. The van der Waals surface area contributed by atoms with Gasteiger partial charge in [-0.1, -0.05) is 0 Å². The van der Waals surface area contributed by atoms with Crippen molar-refractivity contribution in [1.82, 2.24) is 5.32 Å². The smallest absolute Gasteiger partial charge is 0.224 e. The molecule has 0 aromatic heterocycles. The van der Waals surface area contributed by atoms with Crippen LogP contribution in [0.5, 0.6) is 0 Å². The minimum Gasteiger partial charge on any atom is -0.324 e. The molecule has 0 spiro atoms. The number of nitrogens with one attached hydrogen (secondary N) is 2. The van der Waals surface area contributed by atoms with E-state index >= 15 is 0 Å². The lowest BCUT2D eigenvalue weighted by Crippen LogP contribution is -2.18. The molecule has 0 saturated carbocycles. The van der Waals surface area contributed by atoms with E-state index in [1.165, 1.54) is 6.07 Å². The largest absolute Gasteiger partial charge is 0.324 e. The molecular formula is C12H15ClF2N2O. The highest BCUT2D eigenvalue weighted by atomic mass is 35.5. The number of amides is 1. The second-order valence-electron chi connectivity index (χ2n) is 4.24. The van der Waals surface area contributed by atoms with Gasteiger partial charge < -0.3 is 10.6 Å². The van der Waals surface area contributed by atoms with E-state index in [4.69, 9.17) is 0 Å². The number of carbonyl (C=O) groups is 1. The lowest BCUT2D eigenvalue weighted by atomic mass is 10.0. The monoisotopic (exact) mass is 276 g/mol. The number of halogens is 3. The first-order valence-electron chi connectivity index (χ1n) is 5.61. The number of benzene rings is 1. The van der Waals surface area contributed by atoms with Crippen molar-refractivity contribution in [3.8, 4) is 0 Å². The highest BCUT2D eigenvalue weighted by Crippen LogP contribution is 2.17. The number of hydrogen-bond donors (Lipinski definition) is 2. The summed E-state index contributed by atoms with van der Waals surface area (Å²) in [7, 11) is 0. The van der Waals surface area contributed by atoms with E-state index in [9.17, 15) is 13.6 Å². The minimum atomic E-state index is -0.747. The van der Waals surface area contributed by atoms with Crippen LogP contribution in [0, 0.1) is 17.6 Å². The van der Waals surface area contributed by atoms with Gasteiger partial charge in [-0.05, 0) is 37.6 Å². The summed E-state index contributed by atoms with van der Waals surface area (Å²) in [6, 6.07) is 3.11. The third-order valence-electron chi connectivity index (χ3n) is 2.84. The molecule has 1 aromatic carbocycles. The third kappa shape index (κ3) is 3.92. The Kier molecular flexibility index (Phi) is 5.50. The van der Waals surface area contributed by atoms with Crippen molar-refractivity contribution < 1.29 is 13.6 Å². The van der Waals surface area contributed by atoms with Gasteiger partial charge in [0, 0.05) is 12.5 Å². The van der Waals surface area contributed by atoms with Crippen LogP contribution in [0.4, 0.5) is 14.5 Å². The fourth-order valence-corrected chi connectivity index (χ4v) is 1.94. The number of hydrogen-bond acceptors (Lipinski definition) is 2. The van der Waals surface area contributed by atoms with Crippen molar-refractivity contribution in [1.29, 1.82) is 0 Å². The van der Waals surface area contributed by atoms with Crippen molar-refractivity contribution in [3.63, 3.8) is 0 Å². The standard InChI is InChI=1S/C12H14F2N2O.ClH/c13-9-1-2-11(10(14)6-9)16-12(17)5-8-3-4-15-7-8;/h1-2,6,8,15H,3-5,7H2,(H,16,17);1H. The molecule has 2 N–H and O–H groups in total. The summed E-state index contributed by atoms with van der Waals surface area (Å²) >= 11 is 0. The Morgan fingerprint density at radius 2 is 2.22 bits per heavy atom. The Morgan fingerprint density at radius 3 is 2.83 bits per heavy atom. The van der Waals surface area contributed by atoms with E-state index in [0.717, 1.165) is 31.6 Å². The van der Waals surface area contributed by atoms with Gasteiger partial charge in [0.15, 0.2) is 0 Å². The van der Waals surface area contributed by atoms with E-state index < -0.39 is 11.6 Å². The van der Waals surface area contributed by atoms with Crippen LogP contribution < -0.4 is 10.6 Å². The maximum Gasteiger partial charge on any atom is 0.224 e. The zero-order valence-electron chi connectivity index (χ0n) is 9.71. The summed E-state index contributed by atoms with van der Waals surface area (Å²) in [6.45, 7) is 1.74. The van der Waals surface area contributed by atoms with Gasteiger partial charge in [-0.2, -0.15) is 0 Å². The van der Waals surface area contributed by atoms with Crippen LogP contribution in [0.15, 0.2) is 18.2 Å². The summed E-state index contributed by atoms with van der Waals surface area (Å²) in [4.78, 5) is 11.6. The van der Waals surface area contributed by atoms with Gasteiger partial charge in [-0.15, -0.1) is 12.4 Å². The van der Waals surface area contributed by atoms with Crippen molar-refractivity contribution >= 4 is 24.0 Å². The molecule has 1 amide bonds. The first-order valence-corrected chi connectivity index (χ1v) is 5.61. The lowest BCUT2D eigenvalue weighted by molar-refractivity contribution is -0.117. The van der Waals surface area contributed by atoms with E-state index in [2.05, 4.69) is 10.6 Å². The van der Waals surface area contributed by atoms with Crippen LogP contribution in [0.2, 0.25) is 0 Å². The average Bonchev–Trinajstić information content (AvgIpc) is 2.75. The van der Waals surface area contributed by atoms with Crippen LogP contribution >= 0.6 is 12.4 Å². The molecule has 0 radical (unpaired) electrons. The van der Waals surface area contributed by atoms with E-state index in [0.29, 0.717) is 12.3 Å². The molecule has 0 aliphatic carbocycles.